The van der Waals surface area contributed by atoms with Crippen molar-refractivity contribution >= 4 is 34.7 Å². The zero-order valence-electron chi connectivity index (χ0n) is 21.7. The number of benzene rings is 3. The first-order valence-electron chi connectivity index (χ1n) is 13.4. The van der Waals surface area contributed by atoms with Crippen LogP contribution in [0.25, 0.3) is 0 Å². The lowest BCUT2D eigenvalue weighted by Gasteiger charge is -2.46. The van der Waals surface area contributed by atoms with Crippen LogP contribution in [0.15, 0.2) is 159 Å². The molecule has 3 aromatic carbocycles. The molecular formula is C30H26B2N8-2. The van der Waals surface area contributed by atoms with Crippen LogP contribution in [0.4, 0.5) is 0 Å². The molecule has 0 aliphatic rings. The Hall–Kier alpha value is -5.37. The molecule has 0 radical (unpaired) electrons. The zero-order valence-corrected chi connectivity index (χ0v) is 21.7. The van der Waals surface area contributed by atoms with Gasteiger partial charge >= 0.3 is 0 Å². The van der Waals surface area contributed by atoms with Gasteiger partial charge in [-0.25, -0.2) is 20.4 Å². The van der Waals surface area contributed by atoms with Crippen molar-refractivity contribution < 1.29 is 0 Å². The molecule has 0 amide bonds. The van der Waals surface area contributed by atoms with Crippen molar-refractivity contribution in [3.8, 4) is 0 Å². The minimum absolute atomic E-state index is 1.05. The van der Waals surface area contributed by atoms with Crippen molar-refractivity contribution in [2.75, 3.05) is 0 Å². The van der Waals surface area contributed by atoms with Crippen LogP contribution in [0.2, 0.25) is 0 Å². The quantitative estimate of drug-likeness (QED) is 0.287. The summed E-state index contributed by atoms with van der Waals surface area (Å²) in [6, 6.07) is 37.4. The lowest BCUT2D eigenvalue weighted by atomic mass is 9.34. The van der Waals surface area contributed by atoms with Crippen molar-refractivity contribution in [3.05, 3.63) is 159 Å². The molecule has 0 aliphatic heterocycles. The van der Waals surface area contributed by atoms with Crippen LogP contribution >= 0.6 is 0 Å². The highest BCUT2D eigenvalue weighted by molar-refractivity contribution is 7.02. The Balaban J connectivity index is 1.58. The van der Waals surface area contributed by atoms with Crippen LogP contribution in [0.1, 0.15) is 0 Å². The van der Waals surface area contributed by atoms with Crippen LogP contribution in [-0.2, 0) is 0 Å². The molecule has 10 heteroatoms. The van der Waals surface area contributed by atoms with Crippen LogP contribution in [0.3, 0.4) is 0 Å². The fourth-order valence-corrected chi connectivity index (χ4v) is 6.36. The summed E-state index contributed by atoms with van der Waals surface area (Å²) in [5, 5.41) is 19.2. The Kier molecular flexibility index (Phi) is 5.78. The lowest BCUT2D eigenvalue weighted by molar-refractivity contribution is 0.840. The Morgan fingerprint density at radius 2 is 0.675 bits per heavy atom. The van der Waals surface area contributed by atoms with E-state index >= 15 is 0 Å². The smallest absolute Gasteiger partial charge is 0.278 e. The summed E-state index contributed by atoms with van der Waals surface area (Å²) in [7, 11) is 0. The zero-order chi connectivity index (χ0) is 26.8. The van der Waals surface area contributed by atoms with E-state index in [1.165, 1.54) is 0 Å². The van der Waals surface area contributed by atoms with Gasteiger partial charge in [0.1, 0.15) is 0 Å². The number of aromatic nitrogens is 8. The molecule has 4 heterocycles. The summed E-state index contributed by atoms with van der Waals surface area (Å²) in [6.45, 7) is 0. The molecule has 8 nitrogen and oxygen atoms in total. The van der Waals surface area contributed by atoms with Gasteiger partial charge < -0.3 is 18.4 Å². The largest absolute Gasteiger partial charge is 0.413 e. The Morgan fingerprint density at radius 3 is 0.975 bits per heavy atom. The maximum Gasteiger partial charge on any atom is 0.278 e. The van der Waals surface area contributed by atoms with E-state index < -0.39 is 12.8 Å². The minimum Gasteiger partial charge on any atom is -0.413 e. The fourth-order valence-electron chi connectivity index (χ4n) is 6.36. The normalized spacial score (nSPS) is 12.0. The van der Waals surface area contributed by atoms with Crippen molar-refractivity contribution in [2.24, 2.45) is 0 Å². The van der Waals surface area contributed by atoms with Crippen LogP contribution in [0.5, 0.6) is 0 Å². The summed E-state index contributed by atoms with van der Waals surface area (Å²) < 4.78 is 8.11. The Bertz CT molecular complexity index is 1580. The van der Waals surface area contributed by atoms with Crippen LogP contribution in [-0.4, -0.2) is 51.6 Å². The van der Waals surface area contributed by atoms with Gasteiger partial charge in [0, 0.05) is 24.8 Å². The van der Waals surface area contributed by atoms with Gasteiger partial charge in [-0.2, -0.15) is 21.9 Å². The van der Waals surface area contributed by atoms with Gasteiger partial charge in [0.15, 0.2) is 0 Å². The molecule has 4 aromatic heterocycles. The van der Waals surface area contributed by atoms with E-state index in [9.17, 15) is 0 Å². The first kappa shape index (κ1) is 23.7. The minimum atomic E-state index is -1.85. The van der Waals surface area contributed by atoms with Crippen molar-refractivity contribution in [1.29, 1.82) is 0 Å². The molecule has 0 saturated heterocycles. The molecule has 0 N–H and O–H groups in total. The molecule has 0 bridgehead atoms. The maximum absolute atomic E-state index is 4.80. The SMILES string of the molecule is c1ccc([B-](c2cccc([B-](c3ccccc3)(n3cccn3)n3cccn3)c2)(n2cccn2)n2cccn2)cc1. The highest BCUT2D eigenvalue weighted by atomic mass is 15.4. The molecule has 0 saturated carbocycles. The van der Waals surface area contributed by atoms with E-state index in [2.05, 4.69) is 72.8 Å². The van der Waals surface area contributed by atoms with Gasteiger partial charge in [-0.05, 0) is 49.1 Å². The molecule has 194 valence electrons. The van der Waals surface area contributed by atoms with Crippen LogP contribution < -0.4 is 21.9 Å². The predicted molar refractivity (Wildman–Crippen MR) is 160 cm³/mol. The summed E-state index contributed by atoms with van der Waals surface area (Å²) in [5.74, 6) is 0. The van der Waals surface area contributed by atoms with Crippen molar-refractivity contribution in [3.63, 3.8) is 0 Å². The lowest BCUT2D eigenvalue weighted by Crippen LogP contribution is -2.73. The average Bonchev–Trinajstić information content (AvgIpc) is 3.85. The monoisotopic (exact) mass is 520 g/mol. The molecule has 40 heavy (non-hydrogen) atoms. The first-order chi connectivity index (χ1) is 19.8. The summed E-state index contributed by atoms with van der Waals surface area (Å²) in [5.41, 5.74) is 4.28. The van der Waals surface area contributed by atoms with Crippen LogP contribution in [0, 0.1) is 0 Å². The van der Waals surface area contributed by atoms with Gasteiger partial charge in [0.2, 0.25) is 0 Å². The highest BCUT2D eigenvalue weighted by Crippen LogP contribution is 2.15. The Morgan fingerprint density at radius 1 is 0.350 bits per heavy atom. The molecule has 0 spiro atoms. The standard InChI is InChI=1S/C30H26B2N8/c1-3-12-27(13-4-1)31(37-22-8-18-33-37,38-23-9-19-34-38)29-16-7-17-30(26-29)32(39-24-10-20-35-39,40-25-11-21-36-40)28-14-5-2-6-15-28/h1-26H/q-2. The third-order valence-corrected chi connectivity index (χ3v) is 8.00. The maximum atomic E-state index is 4.80. The van der Waals surface area contributed by atoms with E-state index in [4.69, 9.17) is 20.4 Å². The van der Waals surface area contributed by atoms with E-state index in [0.717, 1.165) is 21.9 Å². The molecule has 0 aliphatic carbocycles. The first-order valence-corrected chi connectivity index (χ1v) is 13.4. The fraction of sp³-hybridized carbons (Fsp3) is 0. The number of hydrogen-bond donors (Lipinski definition) is 0. The van der Waals surface area contributed by atoms with E-state index in [-0.39, 0.29) is 0 Å². The van der Waals surface area contributed by atoms with Gasteiger partial charge in [-0.1, -0.05) is 78.9 Å². The second-order valence-corrected chi connectivity index (χ2v) is 9.99. The highest BCUT2D eigenvalue weighted by Gasteiger charge is 2.38. The third-order valence-electron chi connectivity index (χ3n) is 8.00. The van der Waals surface area contributed by atoms with E-state index in [1.54, 1.807) is 0 Å². The van der Waals surface area contributed by atoms with Crippen molar-refractivity contribution in [1.82, 2.24) is 38.8 Å². The molecule has 7 aromatic rings. The molecule has 0 unspecified atom stereocenters. The van der Waals surface area contributed by atoms with Gasteiger partial charge in [-0.15, -0.1) is 6.07 Å². The molecular weight excluding hydrogens is 494 g/mol. The van der Waals surface area contributed by atoms with Gasteiger partial charge in [0.25, 0.3) is 12.8 Å². The molecule has 0 atom stereocenters. The Labute approximate surface area is 232 Å². The topological polar surface area (TPSA) is 71.3 Å². The summed E-state index contributed by atoms with van der Waals surface area (Å²) in [4.78, 5) is 0. The van der Waals surface area contributed by atoms with E-state index in [0.29, 0.717) is 0 Å². The summed E-state index contributed by atoms with van der Waals surface area (Å²) >= 11 is 0. The number of hydrogen-bond acceptors (Lipinski definition) is 4. The van der Waals surface area contributed by atoms with Gasteiger partial charge in [0.05, 0.1) is 0 Å². The van der Waals surface area contributed by atoms with Gasteiger partial charge in [-0.3, -0.25) is 0 Å². The van der Waals surface area contributed by atoms with E-state index in [1.807, 2.05) is 104 Å². The predicted octanol–water partition coefficient (Wildman–Crippen LogP) is 1.78. The second kappa shape index (κ2) is 9.74. The molecule has 7 rings (SSSR count). The van der Waals surface area contributed by atoms with Crippen molar-refractivity contribution in [2.45, 2.75) is 0 Å². The second-order valence-electron chi connectivity index (χ2n) is 9.99. The number of rotatable bonds is 8. The third kappa shape index (κ3) is 3.50. The summed E-state index contributed by atoms with van der Waals surface area (Å²) in [6.07, 6.45) is 11.6. The number of nitrogens with zero attached hydrogens (tertiary/aromatic N) is 8. The average molecular weight is 520 g/mol. The molecule has 0 fully saturated rings.